The Morgan fingerprint density at radius 3 is 2.60 bits per heavy atom. The molecule has 3 heterocycles. The zero-order valence-electron chi connectivity index (χ0n) is 12.7. The number of hydrogen-bond donors (Lipinski definition) is 1. The molecule has 0 saturated carbocycles. The normalized spacial score (nSPS) is 15.8. The third kappa shape index (κ3) is 3.28. The number of benzene rings is 1. The average Bonchev–Trinajstić information content (AvgIpc) is 3.25. The number of halogens is 3. The van der Waals surface area contributed by atoms with Crippen molar-refractivity contribution in [2.75, 3.05) is 18.5 Å². The molecular formula is C16H12F3N3O3. The molecule has 0 amide bonds. The molecule has 6 nitrogen and oxygen atoms in total. The fraction of sp³-hybridized carbons (Fsp3) is 0.250. The molecule has 1 N–H and O–H groups in total. The number of hydrogen-bond acceptors (Lipinski definition) is 6. The van der Waals surface area contributed by atoms with Crippen LogP contribution in [0.3, 0.4) is 0 Å². The highest BCUT2D eigenvalue weighted by atomic mass is 19.4. The molecule has 0 radical (unpaired) electrons. The quantitative estimate of drug-likeness (QED) is 0.723. The van der Waals surface area contributed by atoms with Crippen LogP contribution in [0.5, 0.6) is 0 Å². The Kier molecular flexibility index (Phi) is 3.81. The van der Waals surface area contributed by atoms with E-state index in [0.29, 0.717) is 35.8 Å². The molecule has 0 atom stereocenters. The van der Waals surface area contributed by atoms with E-state index in [1.807, 2.05) is 0 Å². The molecule has 0 spiro atoms. The molecule has 1 aliphatic heterocycles. The second kappa shape index (κ2) is 6.01. The van der Waals surface area contributed by atoms with Gasteiger partial charge in [-0.2, -0.15) is 13.2 Å². The van der Waals surface area contributed by atoms with Crippen molar-refractivity contribution in [1.29, 1.82) is 0 Å². The van der Waals surface area contributed by atoms with Crippen LogP contribution in [0.4, 0.5) is 19.0 Å². The molecule has 0 bridgehead atoms. The van der Waals surface area contributed by atoms with Crippen LogP contribution in [0.25, 0.3) is 22.2 Å². The van der Waals surface area contributed by atoms with Gasteiger partial charge in [-0.3, -0.25) is 5.32 Å². The van der Waals surface area contributed by atoms with Crippen molar-refractivity contribution in [3.05, 3.63) is 42.4 Å². The molecule has 25 heavy (non-hydrogen) atoms. The van der Waals surface area contributed by atoms with Crippen molar-refractivity contribution in [2.24, 2.45) is 0 Å². The topological polar surface area (TPSA) is 69.4 Å². The molecule has 2 aromatic heterocycles. The predicted octanol–water partition coefficient (Wildman–Crippen LogP) is 3.87. The molecule has 1 aromatic carbocycles. The Morgan fingerprint density at radius 2 is 1.84 bits per heavy atom. The fourth-order valence-electron chi connectivity index (χ4n) is 2.60. The van der Waals surface area contributed by atoms with Crippen LogP contribution in [0.2, 0.25) is 0 Å². The van der Waals surface area contributed by atoms with Crippen LogP contribution in [0.15, 0.2) is 41.1 Å². The summed E-state index contributed by atoms with van der Waals surface area (Å²) in [7, 11) is 0. The van der Waals surface area contributed by atoms with E-state index in [9.17, 15) is 13.2 Å². The Balaban J connectivity index is 1.72. The maximum Gasteiger partial charge on any atom is 0.483 e. The van der Waals surface area contributed by atoms with Crippen molar-refractivity contribution in [3.8, 4) is 11.3 Å². The van der Waals surface area contributed by atoms with Gasteiger partial charge in [-0.15, -0.1) is 0 Å². The summed E-state index contributed by atoms with van der Waals surface area (Å²) in [5.74, 6) is 0.678. The number of alkyl halides is 3. The summed E-state index contributed by atoms with van der Waals surface area (Å²) >= 11 is 0. The summed E-state index contributed by atoms with van der Waals surface area (Å²) in [6.07, 6.45) is -4.07. The Hall–Kier alpha value is -2.65. The van der Waals surface area contributed by atoms with Crippen LogP contribution in [-0.4, -0.2) is 29.5 Å². The molecule has 0 unspecified atom stereocenters. The SMILES string of the molecule is FC(F)(F)Nc1ncnc2ccc(-c3ccc(C4OCCO4)o3)cc12. The molecule has 4 rings (SSSR count). The second-order valence-electron chi connectivity index (χ2n) is 5.35. The summed E-state index contributed by atoms with van der Waals surface area (Å²) in [4.78, 5) is 7.67. The Morgan fingerprint density at radius 1 is 1.04 bits per heavy atom. The summed E-state index contributed by atoms with van der Waals surface area (Å²) < 4.78 is 54.4. The van der Waals surface area contributed by atoms with E-state index in [0.717, 1.165) is 6.33 Å². The number of rotatable bonds is 3. The van der Waals surface area contributed by atoms with Gasteiger partial charge in [0.25, 0.3) is 0 Å². The minimum atomic E-state index is -4.59. The lowest BCUT2D eigenvalue weighted by molar-refractivity contribution is -0.100. The van der Waals surface area contributed by atoms with E-state index in [1.54, 1.807) is 30.3 Å². The minimum absolute atomic E-state index is 0.239. The van der Waals surface area contributed by atoms with Gasteiger partial charge in [0.2, 0.25) is 6.29 Å². The highest BCUT2D eigenvalue weighted by molar-refractivity contribution is 5.92. The van der Waals surface area contributed by atoms with E-state index in [4.69, 9.17) is 13.9 Å². The molecular weight excluding hydrogens is 339 g/mol. The van der Waals surface area contributed by atoms with E-state index in [2.05, 4.69) is 9.97 Å². The maximum atomic E-state index is 12.7. The van der Waals surface area contributed by atoms with Crippen LogP contribution in [0, 0.1) is 0 Å². The number of ether oxygens (including phenoxy) is 2. The van der Waals surface area contributed by atoms with Crippen molar-refractivity contribution in [1.82, 2.24) is 9.97 Å². The van der Waals surface area contributed by atoms with Crippen molar-refractivity contribution in [2.45, 2.75) is 12.6 Å². The number of furan rings is 1. The van der Waals surface area contributed by atoms with Crippen molar-refractivity contribution < 1.29 is 27.1 Å². The van der Waals surface area contributed by atoms with Gasteiger partial charge in [-0.1, -0.05) is 0 Å². The molecule has 1 fully saturated rings. The summed E-state index contributed by atoms with van der Waals surface area (Å²) in [5.41, 5.74) is 0.983. The number of fused-ring (bicyclic) bond motifs is 1. The molecule has 0 aliphatic carbocycles. The maximum absolute atomic E-state index is 12.7. The molecule has 3 aromatic rings. The molecule has 9 heteroatoms. The Labute approximate surface area is 139 Å². The highest BCUT2D eigenvalue weighted by Gasteiger charge is 2.29. The van der Waals surface area contributed by atoms with Gasteiger partial charge in [0.15, 0.2) is 5.76 Å². The fourth-order valence-corrected chi connectivity index (χ4v) is 2.60. The first kappa shape index (κ1) is 15.9. The zero-order chi connectivity index (χ0) is 17.4. The largest absolute Gasteiger partial charge is 0.483 e. The van der Waals surface area contributed by atoms with Crippen LogP contribution in [0.1, 0.15) is 12.1 Å². The van der Waals surface area contributed by atoms with Crippen LogP contribution in [-0.2, 0) is 9.47 Å². The average molecular weight is 351 g/mol. The Bertz CT molecular complexity index is 904. The first-order valence-corrected chi connectivity index (χ1v) is 7.42. The second-order valence-corrected chi connectivity index (χ2v) is 5.35. The zero-order valence-corrected chi connectivity index (χ0v) is 12.7. The molecule has 1 aliphatic rings. The lowest BCUT2D eigenvalue weighted by Crippen LogP contribution is -2.21. The van der Waals surface area contributed by atoms with E-state index in [-0.39, 0.29) is 11.2 Å². The standard InChI is InChI=1S/C16H12F3N3O3/c17-16(18,19)22-14-10-7-9(1-2-11(10)20-8-21-14)12-3-4-13(25-12)15-23-5-6-24-15/h1-4,7-8,15H,5-6H2,(H,20,21,22). The third-order valence-corrected chi connectivity index (χ3v) is 3.66. The summed E-state index contributed by atoms with van der Waals surface area (Å²) in [6.45, 7) is 0.973. The first-order chi connectivity index (χ1) is 12.0. The van der Waals surface area contributed by atoms with Crippen LogP contribution < -0.4 is 5.32 Å². The number of nitrogens with one attached hydrogen (secondary N) is 1. The van der Waals surface area contributed by atoms with Gasteiger partial charge in [0, 0.05) is 10.9 Å². The van der Waals surface area contributed by atoms with Gasteiger partial charge >= 0.3 is 6.30 Å². The molecule has 130 valence electrons. The predicted molar refractivity (Wildman–Crippen MR) is 81.6 cm³/mol. The molecule has 1 saturated heterocycles. The minimum Gasteiger partial charge on any atom is -0.456 e. The van der Waals surface area contributed by atoms with Crippen molar-refractivity contribution >= 4 is 16.7 Å². The monoisotopic (exact) mass is 351 g/mol. The summed E-state index contributed by atoms with van der Waals surface area (Å²) in [5, 5.41) is 1.67. The van der Waals surface area contributed by atoms with E-state index >= 15 is 0 Å². The van der Waals surface area contributed by atoms with Crippen LogP contribution >= 0.6 is 0 Å². The van der Waals surface area contributed by atoms with Gasteiger partial charge in [0.05, 0.1) is 18.7 Å². The number of anilines is 1. The lowest BCUT2D eigenvalue weighted by atomic mass is 10.1. The van der Waals surface area contributed by atoms with Gasteiger partial charge in [-0.05, 0) is 30.3 Å². The summed E-state index contributed by atoms with van der Waals surface area (Å²) in [6, 6.07) is 8.29. The number of nitrogens with zero attached hydrogens (tertiary/aromatic N) is 2. The van der Waals surface area contributed by atoms with Gasteiger partial charge in [-0.25, -0.2) is 9.97 Å². The van der Waals surface area contributed by atoms with E-state index < -0.39 is 12.6 Å². The highest BCUT2D eigenvalue weighted by Crippen LogP contribution is 2.32. The number of aromatic nitrogens is 2. The van der Waals surface area contributed by atoms with Gasteiger partial charge in [0.1, 0.15) is 17.9 Å². The lowest BCUT2D eigenvalue weighted by Gasteiger charge is -2.11. The smallest absolute Gasteiger partial charge is 0.456 e. The van der Waals surface area contributed by atoms with Gasteiger partial charge < -0.3 is 13.9 Å². The van der Waals surface area contributed by atoms with E-state index in [1.165, 1.54) is 5.32 Å². The van der Waals surface area contributed by atoms with Crippen molar-refractivity contribution in [3.63, 3.8) is 0 Å². The first-order valence-electron chi connectivity index (χ1n) is 7.42. The third-order valence-electron chi connectivity index (χ3n) is 3.66.